The third-order valence-corrected chi connectivity index (χ3v) is 12.6. The number of rotatable bonds is 17. The first kappa shape index (κ1) is 56.1. The Morgan fingerprint density at radius 2 is 1.42 bits per heavy atom. The second-order valence-electron chi connectivity index (χ2n) is 18.2. The van der Waals surface area contributed by atoms with Gasteiger partial charge in [-0.2, -0.15) is 0 Å². The SMILES string of the molecule is CCCCC(NC)C(=O)NC1CC(=O)NCCCCCC(C(N)=O)NC(=O)C(Cc2c[nH]c3ccccc23)NC(=O)C(CCCNC(=N)N)NC(=O)C(Cc2ccccc2)NC(=O)C(Cc2cnc[nH]2)NC1=O. The van der Waals surface area contributed by atoms with Crippen LogP contribution in [0.1, 0.15) is 88.0 Å². The Bertz CT molecular complexity index is 2480. The minimum atomic E-state index is -1.44. The van der Waals surface area contributed by atoms with Gasteiger partial charge < -0.3 is 69.3 Å². The lowest BCUT2D eigenvalue weighted by molar-refractivity contribution is -0.136. The largest absolute Gasteiger partial charge is 0.370 e. The van der Waals surface area contributed by atoms with Crippen molar-refractivity contribution in [1.82, 2.24) is 62.8 Å². The molecule has 0 saturated carbocycles. The average molecular weight is 1010 g/mol. The zero-order chi connectivity index (χ0) is 52.7. The molecular weight excluding hydrogens is 939 g/mol. The number of nitrogens with zero attached hydrogens (tertiary/aromatic N) is 1. The van der Waals surface area contributed by atoms with Crippen LogP contribution >= 0.6 is 0 Å². The van der Waals surface area contributed by atoms with Crippen molar-refractivity contribution < 1.29 is 38.4 Å². The number of benzene rings is 2. The van der Waals surface area contributed by atoms with E-state index in [2.05, 4.69) is 62.8 Å². The van der Waals surface area contributed by atoms with E-state index in [4.69, 9.17) is 16.9 Å². The maximum Gasteiger partial charge on any atom is 0.243 e. The van der Waals surface area contributed by atoms with Crippen molar-refractivity contribution in [3.05, 3.63) is 90.1 Å². The maximum atomic E-state index is 14.7. The number of amides is 8. The Morgan fingerprint density at radius 3 is 2.11 bits per heavy atom. The van der Waals surface area contributed by atoms with E-state index in [0.717, 1.165) is 17.3 Å². The molecule has 16 N–H and O–H groups in total. The molecule has 2 aromatic carbocycles. The van der Waals surface area contributed by atoms with Crippen LogP contribution in [0.15, 0.2) is 73.3 Å². The number of aromatic amines is 2. The number of primary amides is 1. The van der Waals surface area contributed by atoms with Crippen molar-refractivity contribution >= 4 is 64.1 Å². The lowest BCUT2D eigenvalue weighted by Crippen LogP contribution is -2.61. The molecule has 1 fully saturated rings. The first-order valence-corrected chi connectivity index (χ1v) is 24.8. The summed E-state index contributed by atoms with van der Waals surface area (Å²) in [4.78, 5) is 123. The summed E-state index contributed by atoms with van der Waals surface area (Å²) in [7, 11) is 1.61. The predicted molar refractivity (Wildman–Crippen MR) is 273 cm³/mol. The number of carbonyl (C=O) groups is 8. The van der Waals surface area contributed by atoms with Crippen LogP contribution in [0.3, 0.4) is 0 Å². The molecule has 3 heterocycles. The minimum Gasteiger partial charge on any atom is -0.370 e. The monoisotopic (exact) mass is 1010 g/mol. The van der Waals surface area contributed by atoms with Gasteiger partial charge in [0, 0.05) is 61.3 Å². The molecule has 23 heteroatoms. The van der Waals surface area contributed by atoms with Crippen LogP contribution in [0.25, 0.3) is 10.9 Å². The Labute approximate surface area is 424 Å². The van der Waals surface area contributed by atoms with Gasteiger partial charge in [-0.05, 0) is 56.3 Å². The van der Waals surface area contributed by atoms with Gasteiger partial charge in [-0.1, -0.05) is 81.1 Å². The minimum absolute atomic E-state index is 0.0266. The fraction of sp³-hybridized carbons (Fsp3) is 0.480. The van der Waals surface area contributed by atoms with Gasteiger partial charge in [0.05, 0.1) is 18.8 Å². The highest BCUT2D eigenvalue weighted by atomic mass is 16.2. The maximum absolute atomic E-state index is 14.7. The van der Waals surface area contributed by atoms with Crippen LogP contribution < -0.4 is 59.3 Å². The molecule has 0 radical (unpaired) electrons. The number of aromatic nitrogens is 3. The number of para-hydroxylation sites is 1. The summed E-state index contributed by atoms with van der Waals surface area (Å²) in [6, 6.07) is 7.53. The Kier molecular flexibility index (Phi) is 22.2. The fourth-order valence-electron chi connectivity index (χ4n) is 8.49. The van der Waals surface area contributed by atoms with Gasteiger partial charge in [0.1, 0.15) is 36.3 Å². The lowest BCUT2D eigenvalue weighted by Gasteiger charge is -2.28. The molecule has 1 aliphatic heterocycles. The molecule has 23 nitrogen and oxygen atoms in total. The summed E-state index contributed by atoms with van der Waals surface area (Å²) in [6.45, 7) is 2.29. The standard InChI is InChI=1S/C50H71N15O8/c1-3-4-17-36(54-2)44(68)65-41-26-42(66)56-21-12-6-9-19-35(43(51)67)60-47(71)39(24-31-27-58-34-18-11-10-16-33(31)34)63-45(69)37(20-13-22-57-50(52)53)61-46(70)38(23-30-14-7-5-8-15-30)62-48(72)40(64-49(41)73)25-32-28-55-29-59-32/h5,7-8,10-11,14-16,18,27-29,35-41,54,58H,3-4,6,9,12-13,17,19-26H2,1-2H3,(H2,51,67)(H,55,59)(H,56,66)(H,60,71)(H,61,70)(H,62,72)(H,63,69)(H,64,73)(H,65,68)(H4,52,53,57). The highest BCUT2D eigenvalue weighted by molar-refractivity contribution is 5.98. The summed E-state index contributed by atoms with van der Waals surface area (Å²) >= 11 is 0. The predicted octanol–water partition coefficient (Wildman–Crippen LogP) is -0.565. The van der Waals surface area contributed by atoms with Gasteiger partial charge in [0.2, 0.25) is 47.3 Å². The topological polar surface area (TPSA) is 365 Å². The molecule has 7 atom stereocenters. The number of nitrogens with one attached hydrogen (secondary N) is 12. The van der Waals surface area contributed by atoms with E-state index >= 15 is 0 Å². The number of nitrogens with two attached hydrogens (primary N) is 2. The number of likely N-dealkylation sites (N-methyl/N-ethyl adjacent to an activating group) is 1. The molecule has 1 aliphatic rings. The van der Waals surface area contributed by atoms with Crippen molar-refractivity contribution in [2.24, 2.45) is 11.5 Å². The van der Waals surface area contributed by atoms with Crippen LogP contribution in [0.4, 0.5) is 0 Å². The number of unbranched alkanes of at least 4 members (excludes halogenated alkanes) is 1. The van der Waals surface area contributed by atoms with Crippen molar-refractivity contribution in [2.45, 2.75) is 133 Å². The highest BCUT2D eigenvalue weighted by Crippen LogP contribution is 2.20. The van der Waals surface area contributed by atoms with Gasteiger partial charge >= 0.3 is 0 Å². The van der Waals surface area contributed by atoms with E-state index in [1.54, 1.807) is 43.6 Å². The van der Waals surface area contributed by atoms with Crippen LogP contribution in [0.5, 0.6) is 0 Å². The van der Waals surface area contributed by atoms with Crippen LogP contribution in [0.2, 0.25) is 0 Å². The van der Waals surface area contributed by atoms with Crippen LogP contribution in [0, 0.1) is 5.41 Å². The van der Waals surface area contributed by atoms with E-state index in [1.165, 1.54) is 12.5 Å². The highest BCUT2D eigenvalue weighted by Gasteiger charge is 2.35. The molecule has 5 rings (SSSR count). The first-order valence-electron chi connectivity index (χ1n) is 24.8. The number of hydrogen-bond acceptors (Lipinski definition) is 11. The first-order chi connectivity index (χ1) is 35.1. The zero-order valence-electron chi connectivity index (χ0n) is 41.4. The van der Waals surface area contributed by atoms with Gasteiger partial charge in [0.25, 0.3) is 0 Å². The van der Waals surface area contributed by atoms with E-state index in [1.807, 2.05) is 31.2 Å². The van der Waals surface area contributed by atoms with E-state index in [0.29, 0.717) is 48.9 Å². The molecule has 8 amide bonds. The van der Waals surface area contributed by atoms with Gasteiger partial charge in [0.15, 0.2) is 5.96 Å². The summed E-state index contributed by atoms with van der Waals surface area (Å²) in [5.74, 6) is -6.12. The molecule has 0 bridgehead atoms. The van der Waals surface area contributed by atoms with Crippen molar-refractivity contribution in [3.63, 3.8) is 0 Å². The third kappa shape index (κ3) is 18.1. The second kappa shape index (κ2) is 28.9. The lowest BCUT2D eigenvalue weighted by atomic mass is 10.0. The summed E-state index contributed by atoms with van der Waals surface area (Å²) < 4.78 is 0. The number of hydrogen-bond donors (Lipinski definition) is 14. The van der Waals surface area contributed by atoms with E-state index in [9.17, 15) is 38.4 Å². The zero-order valence-corrected chi connectivity index (χ0v) is 41.4. The average Bonchev–Trinajstić information content (AvgIpc) is 4.04. The van der Waals surface area contributed by atoms with Crippen molar-refractivity contribution in [1.29, 1.82) is 5.41 Å². The smallest absolute Gasteiger partial charge is 0.243 e. The number of imidazole rings is 1. The molecule has 4 aromatic rings. The Hall–Kier alpha value is -7.82. The summed E-state index contributed by atoms with van der Waals surface area (Å²) in [6.07, 6.45) is 7.46. The Morgan fingerprint density at radius 1 is 0.767 bits per heavy atom. The normalized spacial score (nSPS) is 21.7. The van der Waals surface area contributed by atoms with E-state index < -0.39 is 96.0 Å². The molecular formula is C50H71N15O8. The number of fused-ring (bicyclic) bond motifs is 1. The molecule has 394 valence electrons. The quantitative estimate of drug-likeness (QED) is 0.0360. The second-order valence-corrected chi connectivity index (χ2v) is 18.2. The molecule has 7 unspecified atom stereocenters. The van der Waals surface area contributed by atoms with Crippen LogP contribution in [-0.2, 0) is 57.6 Å². The van der Waals surface area contributed by atoms with Crippen LogP contribution in [-0.4, -0.2) is 131 Å². The summed E-state index contributed by atoms with van der Waals surface area (Å²) in [5, 5.41) is 33.4. The molecule has 0 spiro atoms. The van der Waals surface area contributed by atoms with Crippen molar-refractivity contribution in [3.8, 4) is 0 Å². The van der Waals surface area contributed by atoms with Gasteiger partial charge in [-0.25, -0.2) is 4.98 Å². The van der Waals surface area contributed by atoms with E-state index in [-0.39, 0.29) is 57.6 Å². The molecule has 0 aliphatic carbocycles. The molecule has 2 aromatic heterocycles. The number of carbonyl (C=O) groups excluding carboxylic acids is 8. The van der Waals surface area contributed by atoms with Gasteiger partial charge in [-0.15, -0.1) is 0 Å². The summed E-state index contributed by atoms with van der Waals surface area (Å²) in [5.41, 5.74) is 13.9. The molecule has 73 heavy (non-hydrogen) atoms. The van der Waals surface area contributed by atoms with Crippen molar-refractivity contribution in [2.75, 3.05) is 20.1 Å². The van der Waals surface area contributed by atoms with Gasteiger partial charge in [-0.3, -0.25) is 43.8 Å². The number of guanidine groups is 1. The third-order valence-electron chi connectivity index (χ3n) is 12.6. The molecule has 1 saturated heterocycles. The fourth-order valence-corrected chi connectivity index (χ4v) is 8.49. The number of H-pyrrole nitrogens is 2. The Balaban J connectivity index is 1.53.